The van der Waals surface area contributed by atoms with Gasteiger partial charge < -0.3 is 15.7 Å². The lowest BCUT2D eigenvalue weighted by molar-refractivity contribution is -0.140. The second-order valence-corrected chi connectivity index (χ2v) is 4.55. The molecule has 5 heteroatoms. The molecule has 0 fully saturated rings. The molecule has 0 aliphatic carbocycles. The van der Waals surface area contributed by atoms with Gasteiger partial charge in [-0.2, -0.15) is 0 Å². The molecule has 1 unspecified atom stereocenters. The van der Waals surface area contributed by atoms with Crippen LogP contribution < -0.4 is 10.6 Å². The van der Waals surface area contributed by atoms with Crippen molar-refractivity contribution < 1.29 is 14.7 Å². The molecule has 1 aromatic rings. The van der Waals surface area contributed by atoms with E-state index in [0.717, 1.165) is 6.42 Å². The number of benzene rings is 1. The van der Waals surface area contributed by atoms with Crippen molar-refractivity contribution in [2.45, 2.75) is 20.3 Å². The van der Waals surface area contributed by atoms with Crippen LogP contribution in [0, 0.1) is 12.8 Å². The van der Waals surface area contributed by atoms with Gasteiger partial charge in [-0.3, -0.25) is 4.79 Å². The topological polar surface area (TPSA) is 78.4 Å². The minimum atomic E-state index is -0.916. The third-order valence-corrected chi connectivity index (χ3v) is 2.93. The van der Waals surface area contributed by atoms with Crippen molar-refractivity contribution in [3.63, 3.8) is 0 Å². The lowest BCUT2D eigenvalue weighted by atomic mass is 10.1. The van der Waals surface area contributed by atoms with Crippen molar-refractivity contribution >= 4 is 12.0 Å². The number of hydrogen-bond donors (Lipinski definition) is 3. The molecule has 0 saturated carbocycles. The maximum Gasteiger partial charge on any atom is 0.314 e. The Morgan fingerprint density at radius 3 is 2.58 bits per heavy atom. The normalized spacial score (nSPS) is 11.7. The summed E-state index contributed by atoms with van der Waals surface area (Å²) in [5.74, 6) is -1.50. The highest BCUT2D eigenvalue weighted by Crippen LogP contribution is 2.06. The van der Waals surface area contributed by atoms with Crippen molar-refractivity contribution in [2.75, 3.05) is 13.1 Å². The summed E-state index contributed by atoms with van der Waals surface area (Å²) < 4.78 is 0. The number of aliphatic carboxylic acids is 1. The molecule has 0 aliphatic rings. The number of carboxylic acid groups (broad SMARTS) is 1. The van der Waals surface area contributed by atoms with E-state index in [1.165, 1.54) is 11.1 Å². The molecule has 19 heavy (non-hydrogen) atoms. The molecular formula is C14H20N2O3. The third kappa shape index (κ3) is 5.42. The Morgan fingerprint density at radius 2 is 1.95 bits per heavy atom. The first kappa shape index (κ1) is 15.0. The maximum absolute atomic E-state index is 11.4. The second kappa shape index (κ2) is 7.41. The minimum Gasteiger partial charge on any atom is -0.481 e. The summed E-state index contributed by atoms with van der Waals surface area (Å²) in [6.07, 6.45) is 0.759. The lowest BCUT2D eigenvalue weighted by Crippen LogP contribution is -2.40. The Morgan fingerprint density at radius 1 is 1.26 bits per heavy atom. The van der Waals surface area contributed by atoms with Gasteiger partial charge in [0.1, 0.15) is 0 Å². The zero-order chi connectivity index (χ0) is 14.3. The SMILES string of the molecule is Cc1ccccc1CCNC(=O)NCC(C)C(=O)O. The van der Waals surface area contributed by atoms with Crippen molar-refractivity contribution in [1.82, 2.24) is 10.6 Å². The standard InChI is InChI=1S/C14H20N2O3/c1-10-5-3-4-6-12(10)7-8-15-14(19)16-9-11(2)13(17)18/h3-6,11H,7-9H2,1-2H3,(H,17,18)(H2,15,16,19). The number of nitrogens with one attached hydrogen (secondary N) is 2. The van der Waals surface area contributed by atoms with Gasteiger partial charge in [0, 0.05) is 13.1 Å². The number of carbonyl (C=O) groups is 2. The summed E-state index contributed by atoms with van der Waals surface area (Å²) >= 11 is 0. The van der Waals surface area contributed by atoms with Crippen LogP contribution in [-0.2, 0) is 11.2 Å². The van der Waals surface area contributed by atoms with Gasteiger partial charge in [0.2, 0.25) is 0 Å². The number of carbonyl (C=O) groups excluding carboxylic acids is 1. The molecule has 0 saturated heterocycles. The van der Waals surface area contributed by atoms with Crippen LogP contribution in [0.1, 0.15) is 18.1 Å². The lowest BCUT2D eigenvalue weighted by Gasteiger charge is -2.10. The molecule has 3 N–H and O–H groups in total. The summed E-state index contributed by atoms with van der Waals surface area (Å²) in [5, 5.41) is 13.9. The van der Waals surface area contributed by atoms with Crippen molar-refractivity contribution in [3.05, 3.63) is 35.4 Å². The fourth-order valence-corrected chi connectivity index (χ4v) is 1.60. The van der Waals surface area contributed by atoms with E-state index in [0.29, 0.717) is 6.54 Å². The minimum absolute atomic E-state index is 0.130. The number of aryl methyl sites for hydroxylation is 1. The van der Waals surface area contributed by atoms with E-state index < -0.39 is 11.9 Å². The Labute approximate surface area is 113 Å². The summed E-state index contributed by atoms with van der Waals surface area (Å²) in [4.78, 5) is 22.0. The summed E-state index contributed by atoms with van der Waals surface area (Å²) in [5.41, 5.74) is 2.39. The summed E-state index contributed by atoms with van der Waals surface area (Å²) in [6, 6.07) is 7.68. The van der Waals surface area contributed by atoms with E-state index in [4.69, 9.17) is 5.11 Å². The third-order valence-electron chi connectivity index (χ3n) is 2.93. The van der Waals surface area contributed by atoms with Crippen molar-refractivity contribution in [3.8, 4) is 0 Å². The molecule has 0 aromatic heterocycles. The van der Waals surface area contributed by atoms with Gasteiger partial charge >= 0.3 is 12.0 Å². The first-order valence-electron chi connectivity index (χ1n) is 6.29. The van der Waals surface area contributed by atoms with Crippen LogP contribution in [0.25, 0.3) is 0 Å². The number of carboxylic acids is 1. The first-order chi connectivity index (χ1) is 9.00. The van der Waals surface area contributed by atoms with Crippen molar-refractivity contribution in [2.24, 2.45) is 5.92 Å². The predicted molar refractivity (Wildman–Crippen MR) is 73.1 cm³/mol. The van der Waals surface area contributed by atoms with Gasteiger partial charge in [0.05, 0.1) is 5.92 Å². The Balaban J connectivity index is 2.24. The average Bonchev–Trinajstić information content (AvgIpc) is 2.38. The van der Waals surface area contributed by atoms with E-state index in [-0.39, 0.29) is 12.6 Å². The molecule has 0 radical (unpaired) electrons. The van der Waals surface area contributed by atoms with Crippen LogP contribution in [0.15, 0.2) is 24.3 Å². The van der Waals surface area contributed by atoms with Gasteiger partial charge in [0.25, 0.3) is 0 Å². The number of urea groups is 1. The van der Waals surface area contributed by atoms with Crippen LogP contribution >= 0.6 is 0 Å². The Bertz CT molecular complexity index is 446. The van der Waals surface area contributed by atoms with Crippen LogP contribution in [0.2, 0.25) is 0 Å². The van der Waals surface area contributed by atoms with Crippen LogP contribution in [0.5, 0.6) is 0 Å². The highest BCUT2D eigenvalue weighted by atomic mass is 16.4. The molecule has 1 aromatic carbocycles. The number of rotatable bonds is 6. The van der Waals surface area contributed by atoms with Crippen LogP contribution in [0.4, 0.5) is 4.79 Å². The molecule has 1 atom stereocenters. The molecule has 0 heterocycles. The van der Waals surface area contributed by atoms with Crippen LogP contribution in [0.3, 0.4) is 0 Å². The first-order valence-corrected chi connectivity index (χ1v) is 6.29. The highest BCUT2D eigenvalue weighted by Gasteiger charge is 2.11. The van der Waals surface area contributed by atoms with E-state index in [1.807, 2.05) is 31.2 Å². The fraction of sp³-hybridized carbons (Fsp3) is 0.429. The molecule has 104 valence electrons. The van der Waals surface area contributed by atoms with Gasteiger partial charge in [-0.05, 0) is 24.5 Å². The average molecular weight is 264 g/mol. The van der Waals surface area contributed by atoms with Crippen LogP contribution in [-0.4, -0.2) is 30.2 Å². The van der Waals surface area contributed by atoms with E-state index in [1.54, 1.807) is 6.92 Å². The second-order valence-electron chi connectivity index (χ2n) is 4.55. The van der Waals surface area contributed by atoms with Gasteiger partial charge in [-0.15, -0.1) is 0 Å². The molecule has 0 bridgehead atoms. The quantitative estimate of drug-likeness (QED) is 0.729. The zero-order valence-corrected chi connectivity index (χ0v) is 11.3. The van der Waals surface area contributed by atoms with Gasteiger partial charge in [0.15, 0.2) is 0 Å². The van der Waals surface area contributed by atoms with E-state index >= 15 is 0 Å². The molecule has 0 aliphatic heterocycles. The highest BCUT2D eigenvalue weighted by molar-refractivity contribution is 5.75. The molecule has 1 rings (SSSR count). The Kier molecular flexibility index (Phi) is 5.85. The molecule has 2 amide bonds. The maximum atomic E-state index is 11.4. The molecular weight excluding hydrogens is 244 g/mol. The van der Waals surface area contributed by atoms with Gasteiger partial charge in [-0.25, -0.2) is 4.79 Å². The predicted octanol–water partition coefficient (Wildman–Crippen LogP) is 1.56. The zero-order valence-electron chi connectivity index (χ0n) is 11.3. The monoisotopic (exact) mass is 264 g/mol. The van der Waals surface area contributed by atoms with E-state index in [2.05, 4.69) is 10.6 Å². The molecule has 5 nitrogen and oxygen atoms in total. The number of hydrogen-bond acceptors (Lipinski definition) is 2. The largest absolute Gasteiger partial charge is 0.481 e. The smallest absolute Gasteiger partial charge is 0.314 e. The van der Waals surface area contributed by atoms with Crippen molar-refractivity contribution in [1.29, 1.82) is 0 Å². The summed E-state index contributed by atoms with van der Waals surface area (Å²) in [6.45, 7) is 4.24. The van der Waals surface area contributed by atoms with E-state index in [9.17, 15) is 9.59 Å². The fourth-order valence-electron chi connectivity index (χ4n) is 1.60. The summed E-state index contributed by atoms with van der Waals surface area (Å²) in [7, 11) is 0. The number of amides is 2. The Hall–Kier alpha value is -2.04. The van der Waals surface area contributed by atoms with Gasteiger partial charge in [-0.1, -0.05) is 31.2 Å². The molecule has 0 spiro atoms.